The van der Waals surface area contributed by atoms with E-state index in [0.29, 0.717) is 5.69 Å². The van der Waals surface area contributed by atoms with Crippen LogP contribution in [0.1, 0.15) is 55.4 Å². The van der Waals surface area contributed by atoms with Crippen molar-refractivity contribution < 1.29 is 9.90 Å². The SMILES string of the molecule is O=C(NC1CCN(CC2(O)CCCCC2)CC1)c1ccccn1. The Labute approximate surface area is 138 Å². The fourth-order valence-corrected chi connectivity index (χ4v) is 3.78. The molecule has 3 rings (SSSR count). The fraction of sp³-hybridized carbons (Fsp3) is 0.667. The maximum Gasteiger partial charge on any atom is 0.270 e. The number of aliphatic hydroxyl groups is 1. The normalized spacial score (nSPS) is 22.7. The van der Waals surface area contributed by atoms with Crippen LogP contribution in [-0.2, 0) is 0 Å². The molecule has 2 aliphatic rings. The Balaban J connectivity index is 1.44. The quantitative estimate of drug-likeness (QED) is 0.891. The Bertz CT molecular complexity index is 506. The molecule has 23 heavy (non-hydrogen) atoms. The second-order valence-electron chi connectivity index (χ2n) is 7.02. The van der Waals surface area contributed by atoms with E-state index in [2.05, 4.69) is 15.2 Å². The van der Waals surface area contributed by atoms with Crippen LogP contribution in [0.25, 0.3) is 0 Å². The van der Waals surface area contributed by atoms with Gasteiger partial charge in [0.25, 0.3) is 5.91 Å². The second-order valence-corrected chi connectivity index (χ2v) is 7.02. The average molecular weight is 317 g/mol. The molecule has 2 N–H and O–H groups in total. The first kappa shape index (κ1) is 16.4. The minimum absolute atomic E-state index is 0.0880. The van der Waals surface area contributed by atoms with Gasteiger partial charge >= 0.3 is 0 Å². The number of carbonyl (C=O) groups excluding carboxylic acids is 1. The van der Waals surface area contributed by atoms with Crippen molar-refractivity contribution in [3.63, 3.8) is 0 Å². The molecule has 2 heterocycles. The molecule has 1 amide bonds. The number of β-amino-alcohol motifs (C(OH)–C–C–N with tert-alkyl or cyclic N) is 1. The molecule has 5 heteroatoms. The standard InChI is InChI=1S/C18H27N3O2/c22-17(16-6-2-5-11-19-16)20-15-7-12-21(13-8-15)14-18(23)9-3-1-4-10-18/h2,5-6,11,15,23H,1,3-4,7-10,12-14H2,(H,20,22). The number of nitrogens with one attached hydrogen (secondary N) is 1. The Morgan fingerprint density at radius 1 is 1.26 bits per heavy atom. The van der Waals surface area contributed by atoms with Crippen LogP contribution in [0.2, 0.25) is 0 Å². The molecular weight excluding hydrogens is 290 g/mol. The molecule has 1 saturated heterocycles. The molecule has 0 aromatic carbocycles. The van der Waals surface area contributed by atoms with E-state index in [1.165, 1.54) is 6.42 Å². The number of rotatable bonds is 4. The predicted octanol–water partition coefficient (Wildman–Crippen LogP) is 1.97. The summed E-state index contributed by atoms with van der Waals surface area (Å²) in [7, 11) is 0. The minimum atomic E-state index is -0.484. The van der Waals surface area contributed by atoms with Crippen molar-refractivity contribution in [2.75, 3.05) is 19.6 Å². The topological polar surface area (TPSA) is 65.5 Å². The van der Waals surface area contributed by atoms with Crippen molar-refractivity contribution in [3.8, 4) is 0 Å². The van der Waals surface area contributed by atoms with E-state index in [1.807, 2.05) is 12.1 Å². The summed E-state index contributed by atoms with van der Waals surface area (Å²) in [5.41, 5.74) is -0.00564. The van der Waals surface area contributed by atoms with Crippen molar-refractivity contribution >= 4 is 5.91 Å². The van der Waals surface area contributed by atoms with Crippen LogP contribution in [0.15, 0.2) is 24.4 Å². The molecule has 0 bridgehead atoms. The van der Waals surface area contributed by atoms with E-state index < -0.39 is 5.60 Å². The van der Waals surface area contributed by atoms with Crippen molar-refractivity contribution in [3.05, 3.63) is 30.1 Å². The van der Waals surface area contributed by atoms with Gasteiger partial charge in [0.1, 0.15) is 5.69 Å². The lowest BCUT2D eigenvalue weighted by atomic mass is 9.84. The van der Waals surface area contributed by atoms with Gasteiger partial charge in [0.15, 0.2) is 0 Å². The largest absolute Gasteiger partial charge is 0.389 e. The number of likely N-dealkylation sites (tertiary alicyclic amines) is 1. The summed E-state index contributed by atoms with van der Waals surface area (Å²) in [6.45, 7) is 2.67. The summed E-state index contributed by atoms with van der Waals surface area (Å²) in [5.74, 6) is -0.0880. The third-order valence-electron chi connectivity index (χ3n) is 5.12. The fourth-order valence-electron chi connectivity index (χ4n) is 3.78. The number of hydrogen-bond acceptors (Lipinski definition) is 4. The number of hydrogen-bond donors (Lipinski definition) is 2. The first-order valence-corrected chi connectivity index (χ1v) is 8.81. The summed E-state index contributed by atoms with van der Waals surface area (Å²) in [6.07, 6.45) is 8.93. The average Bonchev–Trinajstić information content (AvgIpc) is 2.58. The number of aromatic nitrogens is 1. The van der Waals surface area contributed by atoms with E-state index >= 15 is 0 Å². The third-order valence-corrected chi connectivity index (χ3v) is 5.12. The van der Waals surface area contributed by atoms with Crippen LogP contribution in [0.5, 0.6) is 0 Å². The lowest BCUT2D eigenvalue weighted by Crippen LogP contribution is -2.50. The Morgan fingerprint density at radius 2 is 2.00 bits per heavy atom. The van der Waals surface area contributed by atoms with Gasteiger partial charge < -0.3 is 15.3 Å². The summed E-state index contributed by atoms with van der Waals surface area (Å²) < 4.78 is 0. The Morgan fingerprint density at radius 3 is 2.65 bits per heavy atom. The van der Waals surface area contributed by atoms with Crippen molar-refractivity contribution in [1.29, 1.82) is 0 Å². The molecule has 126 valence electrons. The lowest BCUT2D eigenvalue weighted by molar-refractivity contribution is -0.0312. The highest BCUT2D eigenvalue weighted by molar-refractivity contribution is 5.92. The van der Waals surface area contributed by atoms with Gasteiger partial charge in [0.2, 0.25) is 0 Å². The van der Waals surface area contributed by atoms with Crippen LogP contribution in [0.3, 0.4) is 0 Å². The van der Waals surface area contributed by atoms with E-state index in [-0.39, 0.29) is 11.9 Å². The molecule has 1 aliphatic heterocycles. The first-order chi connectivity index (χ1) is 11.1. The van der Waals surface area contributed by atoms with Crippen LogP contribution >= 0.6 is 0 Å². The van der Waals surface area contributed by atoms with Gasteiger partial charge in [-0.1, -0.05) is 25.3 Å². The Kier molecular flexibility index (Phi) is 5.28. The zero-order valence-electron chi connectivity index (χ0n) is 13.7. The van der Waals surface area contributed by atoms with Gasteiger partial charge in [-0.15, -0.1) is 0 Å². The minimum Gasteiger partial charge on any atom is -0.389 e. The highest BCUT2D eigenvalue weighted by atomic mass is 16.3. The second kappa shape index (κ2) is 7.41. The van der Waals surface area contributed by atoms with Crippen molar-refractivity contribution in [2.24, 2.45) is 0 Å². The number of pyridine rings is 1. The number of piperidine rings is 1. The first-order valence-electron chi connectivity index (χ1n) is 8.81. The van der Waals surface area contributed by atoms with Crippen LogP contribution < -0.4 is 5.32 Å². The highest BCUT2D eigenvalue weighted by Crippen LogP contribution is 2.29. The van der Waals surface area contributed by atoms with Gasteiger partial charge in [-0.3, -0.25) is 9.78 Å². The monoisotopic (exact) mass is 317 g/mol. The third kappa shape index (κ3) is 4.52. The number of nitrogens with zero attached hydrogens (tertiary/aromatic N) is 2. The van der Waals surface area contributed by atoms with E-state index in [4.69, 9.17) is 0 Å². The zero-order chi connectivity index (χ0) is 16.1. The van der Waals surface area contributed by atoms with Gasteiger partial charge in [0.05, 0.1) is 5.60 Å². The molecule has 0 radical (unpaired) electrons. The lowest BCUT2D eigenvalue weighted by Gasteiger charge is -2.40. The van der Waals surface area contributed by atoms with Gasteiger partial charge in [-0.05, 0) is 37.8 Å². The zero-order valence-corrected chi connectivity index (χ0v) is 13.7. The summed E-state index contributed by atoms with van der Waals surface area (Å²) in [6, 6.07) is 5.59. The maximum absolute atomic E-state index is 12.1. The maximum atomic E-state index is 12.1. The molecule has 2 fully saturated rings. The smallest absolute Gasteiger partial charge is 0.270 e. The van der Waals surface area contributed by atoms with E-state index in [9.17, 15) is 9.90 Å². The molecule has 1 aromatic heterocycles. The number of carbonyl (C=O) groups is 1. The van der Waals surface area contributed by atoms with Gasteiger partial charge in [-0.2, -0.15) is 0 Å². The van der Waals surface area contributed by atoms with Crippen LogP contribution in [0, 0.1) is 0 Å². The molecule has 0 unspecified atom stereocenters. The summed E-state index contributed by atoms with van der Waals surface area (Å²) in [5, 5.41) is 13.7. The highest BCUT2D eigenvalue weighted by Gasteiger charge is 2.32. The molecule has 1 aromatic rings. The van der Waals surface area contributed by atoms with Crippen molar-refractivity contribution in [2.45, 2.75) is 56.6 Å². The van der Waals surface area contributed by atoms with Gasteiger partial charge in [0, 0.05) is 31.9 Å². The molecule has 5 nitrogen and oxygen atoms in total. The van der Waals surface area contributed by atoms with Crippen molar-refractivity contribution in [1.82, 2.24) is 15.2 Å². The van der Waals surface area contributed by atoms with E-state index in [0.717, 1.165) is 58.2 Å². The molecule has 1 saturated carbocycles. The molecule has 0 atom stereocenters. The van der Waals surface area contributed by atoms with Crippen LogP contribution in [-0.4, -0.2) is 52.2 Å². The summed E-state index contributed by atoms with van der Waals surface area (Å²) in [4.78, 5) is 18.6. The van der Waals surface area contributed by atoms with E-state index in [1.54, 1.807) is 12.3 Å². The number of amides is 1. The predicted molar refractivity (Wildman–Crippen MR) is 89.2 cm³/mol. The molecular formula is C18H27N3O2. The Hall–Kier alpha value is -1.46. The van der Waals surface area contributed by atoms with Gasteiger partial charge in [-0.25, -0.2) is 0 Å². The molecule has 0 spiro atoms. The summed E-state index contributed by atoms with van der Waals surface area (Å²) >= 11 is 0. The van der Waals surface area contributed by atoms with Crippen LogP contribution in [0.4, 0.5) is 0 Å². The molecule has 1 aliphatic carbocycles.